The number of methoxy groups -OCH3 is 1. The van der Waals surface area contributed by atoms with Crippen molar-refractivity contribution in [3.05, 3.63) is 59.4 Å². The predicted octanol–water partition coefficient (Wildman–Crippen LogP) is 2.66. The standard InChI is InChI=1S/C15H12FNO3/c1-19-12-8-4-6-10-13(12)20-15(17-14(10)18)9-5-2-3-7-11(9)16/h2-8,15H,1H3,(H,17,18)/t15-/m1/s1. The molecule has 1 atom stereocenters. The summed E-state index contributed by atoms with van der Waals surface area (Å²) < 4.78 is 24.7. The highest BCUT2D eigenvalue weighted by molar-refractivity contribution is 5.98. The van der Waals surface area contributed by atoms with Crippen molar-refractivity contribution in [2.75, 3.05) is 7.11 Å². The molecule has 1 aliphatic rings. The number of fused-ring (bicyclic) bond motifs is 1. The van der Waals surface area contributed by atoms with Crippen molar-refractivity contribution >= 4 is 5.91 Å². The van der Waals surface area contributed by atoms with E-state index in [2.05, 4.69) is 5.32 Å². The zero-order chi connectivity index (χ0) is 14.1. The lowest BCUT2D eigenvalue weighted by atomic mass is 10.1. The maximum absolute atomic E-state index is 13.8. The van der Waals surface area contributed by atoms with Crippen LogP contribution < -0.4 is 14.8 Å². The molecule has 4 nitrogen and oxygen atoms in total. The first-order valence-electron chi connectivity index (χ1n) is 6.09. The monoisotopic (exact) mass is 273 g/mol. The molecular weight excluding hydrogens is 261 g/mol. The molecule has 1 amide bonds. The van der Waals surface area contributed by atoms with E-state index in [1.54, 1.807) is 36.4 Å². The lowest BCUT2D eigenvalue weighted by molar-refractivity contribution is 0.0739. The van der Waals surface area contributed by atoms with Crippen LogP contribution in [0.15, 0.2) is 42.5 Å². The van der Waals surface area contributed by atoms with Gasteiger partial charge in [0.2, 0.25) is 6.23 Å². The van der Waals surface area contributed by atoms with E-state index in [1.807, 2.05) is 0 Å². The molecule has 0 saturated carbocycles. The Morgan fingerprint density at radius 3 is 2.75 bits per heavy atom. The fraction of sp³-hybridized carbons (Fsp3) is 0.133. The second-order valence-corrected chi connectivity index (χ2v) is 4.33. The lowest BCUT2D eigenvalue weighted by Gasteiger charge is -2.28. The van der Waals surface area contributed by atoms with E-state index in [0.29, 0.717) is 17.1 Å². The normalized spacial score (nSPS) is 16.9. The molecule has 102 valence electrons. The van der Waals surface area contributed by atoms with Gasteiger partial charge in [0.05, 0.1) is 12.7 Å². The molecular formula is C15H12FNO3. The van der Waals surface area contributed by atoms with Crippen molar-refractivity contribution in [2.45, 2.75) is 6.23 Å². The minimum absolute atomic E-state index is 0.275. The van der Waals surface area contributed by atoms with Gasteiger partial charge < -0.3 is 14.8 Å². The molecule has 0 bridgehead atoms. The fourth-order valence-electron chi connectivity index (χ4n) is 2.15. The highest BCUT2D eigenvalue weighted by atomic mass is 19.1. The van der Waals surface area contributed by atoms with Gasteiger partial charge in [-0.2, -0.15) is 0 Å². The molecule has 0 saturated heterocycles. The molecule has 1 heterocycles. The largest absolute Gasteiger partial charge is 0.493 e. The number of halogens is 1. The first-order valence-corrected chi connectivity index (χ1v) is 6.09. The smallest absolute Gasteiger partial charge is 0.258 e. The molecule has 3 rings (SSSR count). The van der Waals surface area contributed by atoms with Crippen molar-refractivity contribution < 1.29 is 18.7 Å². The van der Waals surface area contributed by atoms with Crippen LogP contribution in [-0.2, 0) is 0 Å². The maximum atomic E-state index is 13.8. The molecule has 2 aromatic carbocycles. The fourth-order valence-corrected chi connectivity index (χ4v) is 2.15. The van der Waals surface area contributed by atoms with Gasteiger partial charge in [0.15, 0.2) is 11.5 Å². The number of hydrogen-bond acceptors (Lipinski definition) is 3. The van der Waals surface area contributed by atoms with E-state index < -0.39 is 12.0 Å². The molecule has 1 N–H and O–H groups in total. The number of rotatable bonds is 2. The minimum atomic E-state index is -0.868. The van der Waals surface area contributed by atoms with Crippen LogP contribution in [0, 0.1) is 5.82 Å². The van der Waals surface area contributed by atoms with E-state index in [-0.39, 0.29) is 11.5 Å². The summed E-state index contributed by atoms with van der Waals surface area (Å²) in [7, 11) is 1.49. The van der Waals surface area contributed by atoms with Crippen LogP contribution in [0.25, 0.3) is 0 Å². The first kappa shape index (κ1) is 12.5. The van der Waals surface area contributed by atoms with Gasteiger partial charge in [-0.05, 0) is 18.2 Å². The number of carbonyl (C=O) groups excluding carboxylic acids is 1. The Morgan fingerprint density at radius 2 is 2.00 bits per heavy atom. The van der Waals surface area contributed by atoms with Crippen LogP contribution >= 0.6 is 0 Å². The summed E-state index contributed by atoms with van der Waals surface area (Å²) in [5.41, 5.74) is 0.648. The van der Waals surface area contributed by atoms with Gasteiger partial charge in [-0.1, -0.05) is 24.3 Å². The third kappa shape index (κ3) is 1.97. The van der Waals surface area contributed by atoms with Crippen LogP contribution in [-0.4, -0.2) is 13.0 Å². The van der Waals surface area contributed by atoms with Crippen LogP contribution in [0.1, 0.15) is 22.1 Å². The predicted molar refractivity (Wildman–Crippen MR) is 70.2 cm³/mol. The van der Waals surface area contributed by atoms with Crippen LogP contribution in [0.4, 0.5) is 4.39 Å². The maximum Gasteiger partial charge on any atom is 0.258 e. The molecule has 0 fully saturated rings. The number of hydrogen-bond donors (Lipinski definition) is 1. The first-order chi connectivity index (χ1) is 9.70. The molecule has 1 aliphatic heterocycles. The van der Waals surface area contributed by atoms with Gasteiger partial charge in [-0.25, -0.2) is 4.39 Å². The van der Waals surface area contributed by atoms with Crippen LogP contribution in [0.3, 0.4) is 0 Å². The van der Waals surface area contributed by atoms with Crippen molar-refractivity contribution in [2.24, 2.45) is 0 Å². The lowest BCUT2D eigenvalue weighted by Crippen LogP contribution is -2.37. The van der Waals surface area contributed by atoms with Crippen LogP contribution in [0.2, 0.25) is 0 Å². The number of para-hydroxylation sites is 1. The number of ether oxygens (including phenoxy) is 2. The molecule has 0 unspecified atom stereocenters. The Bertz CT molecular complexity index is 672. The summed E-state index contributed by atoms with van der Waals surface area (Å²) in [6.45, 7) is 0. The second-order valence-electron chi connectivity index (χ2n) is 4.33. The third-order valence-corrected chi connectivity index (χ3v) is 3.13. The molecule has 0 radical (unpaired) electrons. The summed E-state index contributed by atoms with van der Waals surface area (Å²) in [5, 5.41) is 2.62. The SMILES string of the molecule is COc1cccc2c1O[C@H](c1ccccc1F)NC2=O. The highest BCUT2D eigenvalue weighted by Crippen LogP contribution is 2.37. The van der Waals surface area contributed by atoms with Crippen molar-refractivity contribution in [1.29, 1.82) is 0 Å². The van der Waals surface area contributed by atoms with E-state index >= 15 is 0 Å². The molecule has 5 heteroatoms. The zero-order valence-electron chi connectivity index (χ0n) is 10.7. The number of carbonyl (C=O) groups is 1. The zero-order valence-corrected chi connectivity index (χ0v) is 10.7. The van der Waals surface area contributed by atoms with Gasteiger partial charge in [-0.15, -0.1) is 0 Å². The van der Waals surface area contributed by atoms with E-state index in [9.17, 15) is 9.18 Å². The number of amides is 1. The van der Waals surface area contributed by atoms with Gasteiger partial charge in [0.25, 0.3) is 5.91 Å². The van der Waals surface area contributed by atoms with Gasteiger partial charge in [-0.3, -0.25) is 4.79 Å². The van der Waals surface area contributed by atoms with Gasteiger partial charge in [0.1, 0.15) is 5.82 Å². The van der Waals surface area contributed by atoms with Crippen molar-refractivity contribution in [1.82, 2.24) is 5.32 Å². The summed E-state index contributed by atoms with van der Waals surface area (Å²) in [6.07, 6.45) is -0.868. The third-order valence-electron chi connectivity index (χ3n) is 3.13. The number of benzene rings is 2. The average molecular weight is 273 g/mol. The average Bonchev–Trinajstić information content (AvgIpc) is 2.47. The van der Waals surface area contributed by atoms with Crippen molar-refractivity contribution in [3.8, 4) is 11.5 Å². The van der Waals surface area contributed by atoms with Gasteiger partial charge >= 0.3 is 0 Å². The second kappa shape index (κ2) is 4.85. The topological polar surface area (TPSA) is 47.6 Å². The molecule has 0 aromatic heterocycles. The Morgan fingerprint density at radius 1 is 1.20 bits per heavy atom. The number of nitrogens with one attached hydrogen (secondary N) is 1. The van der Waals surface area contributed by atoms with Gasteiger partial charge in [0, 0.05) is 5.56 Å². The van der Waals surface area contributed by atoms with Crippen molar-refractivity contribution in [3.63, 3.8) is 0 Å². The molecule has 0 aliphatic carbocycles. The Hall–Kier alpha value is -2.56. The van der Waals surface area contributed by atoms with E-state index in [4.69, 9.17) is 9.47 Å². The van der Waals surface area contributed by atoms with E-state index in [1.165, 1.54) is 13.2 Å². The molecule has 20 heavy (non-hydrogen) atoms. The van der Waals surface area contributed by atoms with E-state index in [0.717, 1.165) is 0 Å². The minimum Gasteiger partial charge on any atom is -0.493 e. The summed E-state index contributed by atoms with van der Waals surface area (Å²) >= 11 is 0. The van der Waals surface area contributed by atoms with Crippen LogP contribution in [0.5, 0.6) is 11.5 Å². The Kier molecular flexibility index (Phi) is 3.02. The summed E-state index contributed by atoms with van der Waals surface area (Å²) in [6, 6.07) is 11.2. The molecule has 0 spiro atoms. The quantitative estimate of drug-likeness (QED) is 0.915. The summed E-state index contributed by atoms with van der Waals surface area (Å²) in [5.74, 6) is 0.0141. The Balaban J connectivity index is 2.04. The Labute approximate surface area is 115 Å². The molecule has 2 aromatic rings. The highest BCUT2D eigenvalue weighted by Gasteiger charge is 2.30. The summed E-state index contributed by atoms with van der Waals surface area (Å²) in [4.78, 5) is 12.1.